The molecule has 6 heteroatoms. The van der Waals surface area contributed by atoms with E-state index in [4.69, 9.17) is 20.8 Å². The molecule has 0 radical (unpaired) electrons. The van der Waals surface area contributed by atoms with Crippen molar-refractivity contribution in [3.63, 3.8) is 0 Å². The molecule has 33 heavy (non-hydrogen) atoms. The summed E-state index contributed by atoms with van der Waals surface area (Å²) in [6, 6.07) is 19.3. The van der Waals surface area contributed by atoms with Gasteiger partial charge in [-0.25, -0.2) is 0 Å². The van der Waals surface area contributed by atoms with Gasteiger partial charge in [-0.05, 0) is 61.6 Å². The van der Waals surface area contributed by atoms with E-state index in [9.17, 15) is 4.79 Å². The minimum atomic E-state index is -0.193. The third-order valence-corrected chi connectivity index (χ3v) is 6.32. The molecule has 4 nitrogen and oxygen atoms in total. The number of furan rings is 1. The molecular formula is C27H24ClNO3S. The number of allylic oxidation sites excluding steroid dienone is 1. The highest BCUT2D eigenvalue weighted by atomic mass is 35.5. The van der Waals surface area contributed by atoms with Gasteiger partial charge in [0.05, 0.1) is 18.6 Å². The van der Waals surface area contributed by atoms with E-state index in [0.29, 0.717) is 17.4 Å². The lowest BCUT2D eigenvalue weighted by Crippen LogP contribution is -2.09. The standard InChI is InChI=1S/C27H24ClNO3S/c1-4-31-24-15-25-21(22(16-32-25)18-9-11-19(28)12-10-18)14-20(24)17(2)13-27(30)29-23-7-5-6-8-26(23)33-3/h5-16H,4H2,1-3H3,(H,29,30)/b17-13+. The normalized spacial score (nSPS) is 11.6. The number of anilines is 1. The summed E-state index contributed by atoms with van der Waals surface area (Å²) >= 11 is 7.64. The molecule has 0 bridgehead atoms. The van der Waals surface area contributed by atoms with E-state index in [2.05, 4.69) is 5.32 Å². The van der Waals surface area contributed by atoms with E-state index >= 15 is 0 Å². The quantitative estimate of drug-likeness (QED) is 0.217. The molecule has 0 saturated carbocycles. The Morgan fingerprint density at radius 3 is 2.64 bits per heavy atom. The molecule has 0 aliphatic heterocycles. The molecule has 0 saturated heterocycles. The van der Waals surface area contributed by atoms with Crippen LogP contribution in [0, 0.1) is 0 Å². The SMILES string of the molecule is CCOc1cc2occ(-c3ccc(Cl)cc3)c2cc1/C(C)=C/C(=O)Nc1ccccc1SC. The van der Waals surface area contributed by atoms with Crippen molar-refractivity contribution in [2.24, 2.45) is 0 Å². The van der Waals surface area contributed by atoms with Gasteiger partial charge in [-0.3, -0.25) is 4.79 Å². The van der Waals surface area contributed by atoms with Crippen LogP contribution in [0.2, 0.25) is 5.02 Å². The van der Waals surface area contributed by atoms with Crippen LogP contribution in [0.1, 0.15) is 19.4 Å². The summed E-state index contributed by atoms with van der Waals surface area (Å²) < 4.78 is 11.7. The molecule has 0 aliphatic rings. The lowest BCUT2D eigenvalue weighted by Gasteiger charge is -2.12. The van der Waals surface area contributed by atoms with Gasteiger partial charge in [0, 0.05) is 38.6 Å². The number of fused-ring (bicyclic) bond motifs is 1. The molecule has 4 aromatic rings. The fraction of sp³-hybridized carbons (Fsp3) is 0.148. The van der Waals surface area contributed by atoms with Crippen molar-refractivity contribution in [2.75, 3.05) is 18.2 Å². The first-order valence-electron chi connectivity index (χ1n) is 10.6. The van der Waals surface area contributed by atoms with E-state index in [1.807, 2.05) is 80.8 Å². The van der Waals surface area contributed by atoms with Crippen LogP contribution in [0.3, 0.4) is 0 Å². The molecule has 0 unspecified atom stereocenters. The number of carbonyl (C=O) groups is 1. The van der Waals surface area contributed by atoms with Crippen LogP contribution in [-0.4, -0.2) is 18.8 Å². The Hall–Kier alpha value is -3.15. The van der Waals surface area contributed by atoms with E-state index in [-0.39, 0.29) is 5.91 Å². The second kappa shape index (κ2) is 10.2. The molecule has 1 aromatic heterocycles. The maximum absolute atomic E-state index is 12.8. The highest BCUT2D eigenvalue weighted by molar-refractivity contribution is 7.98. The van der Waals surface area contributed by atoms with Crippen molar-refractivity contribution < 1.29 is 13.9 Å². The number of carbonyl (C=O) groups excluding carboxylic acids is 1. The largest absolute Gasteiger partial charge is 0.493 e. The number of amides is 1. The summed E-state index contributed by atoms with van der Waals surface area (Å²) in [6.45, 7) is 4.34. The van der Waals surface area contributed by atoms with Gasteiger partial charge >= 0.3 is 0 Å². The number of rotatable bonds is 7. The molecule has 0 aliphatic carbocycles. The molecule has 4 rings (SSSR count). The van der Waals surface area contributed by atoms with Crippen molar-refractivity contribution in [3.05, 3.63) is 83.6 Å². The Bertz CT molecular complexity index is 1330. The maximum atomic E-state index is 12.8. The Morgan fingerprint density at radius 1 is 1.15 bits per heavy atom. The fourth-order valence-electron chi connectivity index (χ4n) is 3.68. The van der Waals surface area contributed by atoms with E-state index in [1.54, 1.807) is 24.1 Å². The lowest BCUT2D eigenvalue weighted by molar-refractivity contribution is -0.111. The first-order chi connectivity index (χ1) is 16.0. The average molecular weight is 478 g/mol. The van der Waals surface area contributed by atoms with Crippen molar-refractivity contribution in [2.45, 2.75) is 18.7 Å². The fourth-order valence-corrected chi connectivity index (χ4v) is 4.36. The van der Waals surface area contributed by atoms with E-state index < -0.39 is 0 Å². The number of nitrogens with one attached hydrogen (secondary N) is 1. The van der Waals surface area contributed by atoms with Crippen molar-refractivity contribution in [1.29, 1.82) is 0 Å². The molecule has 0 fully saturated rings. The zero-order chi connectivity index (χ0) is 23.4. The molecule has 168 valence electrons. The van der Waals surface area contributed by atoms with E-state index in [0.717, 1.165) is 43.8 Å². The van der Waals surface area contributed by atoms with Crippen LogP contribution in [0.5, 0.6) is 5.75 Å². The Kier molecular flexibility index (Phi) is 7.11. The van der Waals surface area contributed by atoms with Gasteiger partial charge < -0.3 is 14.5 Å². The first kappa shape index (κ1) is 23.0. The zero-order valence-electron chi connectivity index (χ0n) is 18.6. The molecule has 1 N–H and O–H groups in total. The minimum Gasteiger partial charge on any atom is -0.493 e. The van der Waals surface area contributed by atoms with Gasteiger partial charge in [0.1, 0.15) is 11.3 Å². The predicted octanol–water partition coefficient (Wildman–Crippen LogP) is 7.92. The van der Waals surface area contributed by atoms with Crippen molar-refractivity contribution in [3.8, 4) is 16.9 Å². The Labute approximate surface area is 202 Å². The first-order valence-corrected chi connectivity index (χ1v) is 12.2. The summed E-state index contributed by atoms with van der Waals surface area (Å²) in [5.74, 6) is 0.481. The van der Waals surface area contributed by atoms with Crippen molar-refractivity contribution >= 4 is 51.5 Å². The highest BCUT2D eigenvalue weighted by Gasteiger charge is 2.15. The Balaban J connectivity index is 1.72. The van der Waals surface area contributed by atoms with Crippen LogP contribution >= 0.6 is 23.4 Å². The van der Waals surface area contributed by atoms with Crippen LogP contribution < -0.4 is 10.1 Å². The van der Waals surface area contributed by atoms with Gasteiger partial charge in [0.25, 0.3) is 0 Å². The summed E-state index contributed by atoms with van der Waals surface area (Å²) in [4.78, 5) is 13.8. The van der Waals surface area contributed by atoms with Crippen molar-refractivity contribution in [1.82, 2.24) is 0 Å². The van der Waals surface area contributed by atoms with Crippen LogP contribution in [0.4, 0.5) is 5.69 Å². The molecule has 3 aromatic carbocycles. The van der Waals surface area contributed by atoms with Crippen LogP contribution in [0.15, 0.2) is 82.3 Å². The molecule has 1 amide bonds. The molecule has 0 spiro atoms. The Morgan fingerprint density at radius 2 is 1.91 bits per heavy atom. The molecule has 0 atom stereocenters. The summed E-state index contributed by atoms with van der Waals surface area (Å²) in [6.07, 6.45) is 5.32. The van der Waals surface area contributed by atoms with Gasteiger partial charge in [-0.1, -0.05) is 35.9 Å². The maximum Gasteiger partial charge on any atom is 0.248 e. The molecule has 1 heterocycles. The second-order valence-electron chi connectivity index (χ2n) is 7.45. The number of halogens is 1. The van der Waals surface area contributed by atoms with Crippen LogP contribution in [0.25, 0.3) is 27.7 Å². The second-order valence-corrected chi connectivity index (χ2v) is 8.74. The number of hydrogen-bond donors (Lipinski definition) is 1. The molecular weight excluding hydrogens is 454 g/mol. The number of benzene rings is 3. The average Bonchev–Trinajstić information content (AvgIpc) is 3.22. The number of ether oxygens (including phenoxy) is 1. The predicted molar refractivity (Wildman–Crippen MR) is 138 cm³/mol. The van der Waals surface area contributed by atoms with E-state index in [1.165, 1.54) is 0 Å². The summed E-state index contributed by atoms with van der Waals surface area (Å²) in [5, 5.41) is 4.60. The minimum absolute atomic E-state index is 0.193. The summed E-state index contributed by atoms with van der Waals surface area (Å²) in [5.41, 5.74) is 5.10. The third-order valence-electron chi connectivity index (χ3n) is 5.27. The number of para-hydroxylation sites is 1. The van der Waals surface area contributed by atoms with Gasteiger partial charge in [-0.15, -0.1) is 11.8 Å². The summed E-state index contributed by atoms with van der Waals surface area (Å²) in [7, 11) is 0. The topological polar surface area (TPSA) is 51.5 Å². The number of hydrogen-bond acceptors (Lipinski definition) is 4. The van der Waals surface area contributed by atoms with Gasteiger partial charge in [0.2, 0.25) is 5.91 Å². The van der Waals surface area contributed by atoms with Crippen LogP contribution in [-0.2, 0) is 4.79 Å². The zero-order valence-corrected chi connectivity index (χ0v) is 20.2. The highest BCUT2D eigenvalue weighted by Crippen LogP contribution is 2.38. The lowest BCUT2D eigenvalue weighted by atomic mass is 9.99. The number of thioether (sulfide) groups is 1. The van der Waals surface area contributed by atoms with Gasteiger partial charge in [-0.2, -0.15) is 0 Å². The third kappa shape index (κ3) is 5.10. The smallest absolute Gasteiger partial charge is 0.248 e. The van der Waals surface area contributed by atoms with Gasteiger partial charge in [0.15, 0.2) is 0 Å². The monoisotopic (exact) mass is 477 g/mol.